The zero-order valence-electron chi connectivity index (χ0n) is 9.44. The highest BCUT2D eigenvalue weighted by atomic mass is 32.2. The van der Waals surface area contributed by atoms with Gasteiger partial charge in [-0.3, -0.25) is 4.79 Å². The molecule has 0 amide bonds. The summed E-state index contributed by atoms with van der Waals surface area (Å²) in [4.78, 5) is 10.8. The second-order valence-corrected chi connectivity index (χ2v) is 5.29. The van der Waals surface area contributed by atoms with Crippen molar-refractivity contribution in [2.75, 3.05) is 13.1 Å². The Morgan fingerprint density at radius 3 is 2.00 bits per heavy atom. The fourth-order valence-corrected chi connectivity index (χ4v) is 2.54. The van der Waals surface area contributed by atoms with Crippen LogP contribution in [0.5, 0.6) is 0 Å². The number of nitrogens with one attached hydrogen (secondary N) is 1. The zero-order valence-corrected chi connectivity index (χ0v) is 10.3. The van der Waals surface area contributed by atoms with Gasteiger partial charge in [-0.05, 0) is 13.8 Å². The molecule has 0 aromatic rings. The summed E-state index contributed by atoms with van der Waals surface area (Å²) < 4.78 is 26.6. The third-order valence-corrected chi connectivity index (χ3v) is 3.93. The topological polar surface area (TPSA) is 86.7 Å². The normalized spacial score (nSPS) is 13.1. The number of carboxylic acids is 1. The molecule has 90 valence electrons. The molecule has 0 aliphatic carbocycles. The van der Waals surface area contributed by atoms with Crippen LogP contribution >= 0.6 is 0 Å². The third kappa shape index (κ3) is 3.77. The van der Waals surface area contributed by atoms with Crippen molar-refractivity contribution in [1.82, 2.24) is 9.03 Å². The van der Waals surface area contributed by atoms with Gasteiger partial charge in [-0.15, -0.1) is 0 Å². The largest absolute Gasteiger partial charge is 0.480 e. The zero-order chi connectivity index (χ0) is 12.3. The van der Waals surface area contributed by atoms with Crippen LogP contribution in [0.1, 0.15) is 27.7 Å². The molecule has 0 atom stereocenters. The highest BCUT2D eigenvalue weighted by molar-refractivity contribution is 7.87. The van der Waals surface area contributed by atoms with Crippen LogP contribution in [0.4, 0.5) is 0 Å². The number of carboxylic acid groups (broad SMARTS) is 1. The molecule has 6 nitrogen and oxygen atoms in total. The molecule has 0 saturated carbocycles. The van der Waals surface area contributed by atoms with Gasteiger partial charge in [0.2, 0.25) is 0 Å². The molecule has 0 rings (SSSR count). The molecule has 0 aromatic heterocycles. The second-order valence-electron chi connectivity index (χ2n) is 3.62. The van der Waals surface area contributed by atoms with Crippen molar-refractivity contribution in [3.05, 3.63) is 0 Å². The molecule has 0 saturated heterocycles. The maximum absolute atomic E-state index is 11.7. The lowest BCUT2D eigenvalue weighted by Gasteiger charge is -2.26. The molecular weight excluding hydrogens is 220 g/mol. The molecule has 0 spiro atoms. The Labute approximate surface area is 90.5 Å². The second kappa shape index (κ2) is 4.91. The minimum Gasteiger partial charge on any atom is -0.480 e. The number of nitrogens with zero attached hydrogens (tertiary/aromatic N) is 1. The van der Waals surface area contributed by atoms with Crippen LogP contribution < -0.4 is 4.72 Å². The Morgan fingerprint density at radius 1 is 1.33 bits per heavy atom. The summed E-state index contributed by atoms with van der Waals surface area (Å²) in [6, 6.07) is 0. The summed E-state index contributed by atoms with van der Waals surface area (Å²) in [5.74, 6) is -1.21. The van der Waals surface area contributed by atoms with E-state index in [1.165, 1.54) is 13.8 Å². The van der Waals surface area contributed by atoms with Gasteiger partial charge in [0.25, 0.3) is 10.2 Å². The van der Waals surface area contributed by atoms with Gasteiger partial charge in [0.15, 0.2) is 0 Å². The molecule has 0 unspecified atom stereocenters. The van der Waals surface area contributed by atoms with Gasteiger partial charge >= 0.3 is 5.97 Å². The van der Waals surface area contributed by atoms with Crippen LogP contribution in [0.25, 0.3) is 0 Å². The molecule has 0 heterocycles. The fraction of sp³-hybridized carbons (Fsp3) is 0.875. The Morgan fingerprint density at radius 2 is 1.73 bits per heavy atom. The van der Waals surface area contributed by atoms with E-state index >= 15 is 0 Å². The summed E-state index contributed by atoms with van der Waals surface area (Å²) >= 11 is 0. The van der Waals surface area contributed by atoms with Crippen molar-refractivity contribution in [1.29, 1.82) is 0 Å². The summed E-state index contributed by atoms with van der Waals surface area (Å²) in [5.41, 5.74) is -1.50. The van der Waals surface area contributed by atoms with Crippen LogP contribution in [-0.4, -0.2) is 42.4 Å². The van der Waals surface area contributed by atoms with Crippen LogP contribution in [0, 0.1) is 0 Å². The maximum atomic E-state index is 11.7. The van der Waals surface area contributed by atoms with Crippen molar-refractivity contribution in [2.24, 2.45) is 0 Å². The van der Waals surface area contributed by atoms with Gasteiger partial charge in [0, 0.05) is 13.1 Å². The van der Waals surface area contributed by atoms with E-state index in [0.717, 1.165) is 4.31 Å². The Balaban J connectivity index is 4.86. The van der Waals surface area contributed by atoms with Crippen molar-refractivity contribution < 1.29 is 18.3 Å². The summed E-state index contributed by atoms with van der Waals surface area (Å²) in [7, 11) is -3.72. The molecule has 2 N–H and O–H groups in total. The molecule has 0 aliphatic heterocycles. The van der Waals surface area contributed by atoms with Crippen LogP contribution in [0.3, 0.4) is 0 Å². The number of hydrogen-bond acceptors (Lipinski definition) is 3. The van der Waals surface area contributed by atoms with Crippen LogP contribution in [0.15, 0.2) is 0 Å². The van der Waals surface area contributed by atoms with E-state index in [0.29, 0.717) is 13.1 Å². The molecule has 0 aromatic carbocycles. The van der Waals surface area contributed by atoms with Gasteiger partial charge in [0.1, 0.15) is 5.54 Å². The number of hydrogen-bond donors (Lipinski definition) is 2. The Kier molecular flexibility index (Phi) is 4.69. The quantitative estimate of drug-likeness (QED) is 0.683. The highest BCUT2D eigenvalue weighted by Crippen LogP contribution is 2.07. The average Bonchev–Trinajstić information content (AvgIpc) is 2.03. The first-order valence-corrected chi connectivity index (χ1v) is 6.13. The Hall–Kier alpha value is -0.660. The molecule has 0 fully saturated rings. The SMILES string of the molecule is CCN(CC)S(=O)(=O)NC(C)(C)C(=O)O. The first-order valence-electron chi connectivity index (χ1n) is 4.69. The van der Waals surface area contributed by atoms with Crippen molar-refractivity contribution >= 4 is 16.2 Å². The number of carbonyl (C=O) groups is 1. The van der Waals surface area contributed by atoms with Crippen molar-refractivity contribution in [2.45, 2.75) is 33.2 Å². The maximum Gasteiger partial charge on any atom is 0.324 e. The van der Waals surface area contributed by atoms with Gasteiger partial charge in [0.05, 0.1) is 0 Å². The van der Waals surface area contributed by atoms with Crippen LogP contribution in [-0.2, 0) is 15.0 Å². The van der Waals surface area contributed by atoms with E-state index in [1.54, 1.807) is 13.8 Å². The van der Waals surface area contributed by atoms with Crippen molar-refractivity contribution in [3.63, 3.8) is 0 Å². The summed E-state index contributed by atoms with van der Waals surface area (Å²) in [5, 5.41) is 8.79. The first-order chi connectivity index (χ1) is 6.67. The van der Waals surface area contributed by atoms with Gasteiger partial charge in [-0.25, -0.2) is 0 Å². The number of aliphatic carboxylic acids is 1. The fourth-order valence-electron chi connectivity index (χ4n) is 0.994. The monoisotopic (exact) mass is 238 g/mol. The summed E-state index contributed by atoms with van der Waals surface area (Å²) in [6.45, 7) is 6.60. The van der Waals surface area contributed by atoms with E-state index in [2.05, 4.69) is 4.72 Å². The molecule has 0 radical (unpaired) electrons. The van der Waals surface area contributed by atoms with Crippen LogP contribution in [0.2, 0.25) is 0 Å². The predicted octanol–water partition coefficient (Wildman–Crippen LogP) is 0.0258. The lowest BCUT2D eigenvalue weighted by atomic mass is 10.1. The summed E-state index contributed by atoms with van der Waals surface area (Å²) in [6.07, 6.45) is 0. The molecular formula is C8H18N2O4S. The third-order valence-electron chi connectivity index (χ3n) is 1.96. The minimum absolute atomic E-state index is 0.307. The standard InChI is InChI=1S/C8H18N2O4S/c1-5-10(6-2)15(13,14)9-8(3,4)7(11)12/h9H,5-6H2,1-4H3,(H,11,12). The molecule has 7 heteroatoms. The van der Waals surface area contributed by atoms with E-state index in [1.807, 2.05) is 0 Å². The molecule has 0 bridgehead atoms. The smallest absolute Gasteiger partial charge is 0.324 e. The minimum atomic E-state index is -3.72. The molecule has 0 aliphatic rings. The predicted molar refractivity (Wildman–Crippen MR) is 56.7 cm³/mol. The molecule has 15 heavy (non-hydrogen) atoms. The lowest BCUT2D eigenvalue weighted by Crippen LogP contribution is -2.54. The van der Waals surface area contributed by atoms with E-state index < -0.39 is 21.7 Å². The number of rotatable bonds is 6. The van der Waals surface area contributed by atoms with E-state index in [9.17, 15) is 13.2 Å². The lowest BCUT2D eigenvalue weighted by molar-refractivity contribution is -0.142. The van der Waals surface area contributed by atoms with Gasteiger partial charge < -0.3 is 5.11 Å². The van der Waals surface area contributed by atoms with E-state index in [-0.39, 0.29) is 0 Å². The van der Waals surface area contributed by atoms with Gasteiger partial charge in [-0.2, -0.15) is 17.4 Å². The van der Waals surface area contributed by atoms with Crippen molar-refractivity contribution in [3.8, 4) is 0 Å². The van der Waals surface area contributed by atoms with E-state index in [4.69, 9.17) is 5.11 Å². The van der Waals surface area contributed by atoms with Gasteiger partial charge in [-0.1, -0.05) is 13.8 Å². The highest BCUT2D eigenvalue weighted by Gasteiger charge is 2.34. The first kappa shape index (κ1) is 14.3. The average molecular weight is 238 g/mol. The Bertz CT molecular complexity index is 320.